The number of rotatable bonds is 7. The molecule has 27 heavy (non-hydrogen) atoms. The molecule has 2 aromatic rings. The molecule has 0 spiro atoms. The van der Waals surface area contributed by atoms with Gasteiger partial charge in [0.05, 0.1) is 12.8 Å². The minimum atomic E-state index is -0.497. The number of methoxy groups -OCH3 is 1. The molecule has 1 N–H and O–H groups in total. The van der Waals surface area contributed by atoms with Crippen molar-refractivity contribution in [3.8, 4) is 11.5 Å². The number of hydrogen-bond donors (Lipinski definition) is 1. The quantitative estimate of drug-likeness (QED) is 0.812. The second-order valence-electron chi connectivity index (χ2n) is 7.12. The van der Waals surface area contributed by atoms with Gasteiger partial charge in [-0.1, -0.05) is 24.3 Å². The SMILES string of the molecule is COc1ccccc1N1CCN(C[C@H](O)COc2cccc(C)c2C)CC1. The molecule has 0 aromatic heterocycles. The Hall–Kier alpha value is -2.24. The number of ether oxygens (including phenoxy) is 2. The zero-order valence-corrected chi connectivity index (χ0v) is 16.5. The molecule has 146 valence electrons. The molecule has 0 saturated carbocycles. The molecule has 1 aliphatic heterocycles. The van der Waals surface area contributed by atoms with Crippen molar-refractivity contribution >= 4 is 5.69 Å². The van der Waals surface area contributed by atoms with E-state index in [-0.39, 0.29) is 0 Å². The highest BCUT2D eigenvalue weighted by Gasteiger charge is 2.21. The van der Waals surface area contributed by atoms with Crippen molar-refractivity contribution in [2.75, 3.05) is 51.3 Å². The Bertz CT molecular complexity index is 742. The highest BCUT2D eigenvalue weighted by Crippen LogP contribution is 2.28. The van der Waals surface area contributed by atoms with Gasteiger partial charge >= 0.3 is 0 Å². The summed E-state index contributed by atoms with van der Waals surface area (Å²) in [6.07, 6.45) is -0.497. The maximum Gasteiger partial charge on any atom is 0.142 e. The van der Waals surface area contributed by atoms with Crippen molar-refractivity contribution in [2.24, 2.45) is 0 Å². The van der Waals surface area contributed by atoms with Crippen LogP contribution in [0.25, 0.3) is 0 Å². The lowest BCUT2D eigenvalue weighted by Crippen LogP contribution is -2.49. The van der Waals surface area contributed by atoms with E-state index < -0.39 is 6.10 Å². The van der Waals surface area contributed by atoms with Crippen molar-refractivity contribution in [3.63, 3.8) is 0 Å². The Kier molecular flexibility index (Phi) is 6.58. The Labute approximate surface area is 162 Å². The first-order valence-electron chi connectivity index (χ1n) is 9.56. The molecule has 5 nitrogen and oxygen atoms in total. The van der Waals surface area contributed by atoms with Crippen LogP contribution in [0.3, 0.4) is 0 Å². The highest BCUT2D eigenvalue weighted by molar-refractivity contribution is 5.58. The molecule has 0 bridgehead atoms. The molecule has 0 amide bonds. The summed E-state index contributed by atoms with van der Waals surface area (Å²) >= 11 is 0. The first kappa shape index (κ1) is 19.5. The molecule has 1 saturated heterocycles. The van der Waals surface area contributed by atoms with Crippen LogP contribution >= 0.6 is 0 Å². The van der Waals surface area contributed by atoms with Crippen molar-refractivity contribution in [1.29, 1.82) is 0 Å². The summed E-state index contributed by atoms with van der Waals surface area (Å²) < 4.78 is 11.3. The second-order valence-corrected chi connectivity index (χ2v) is 7.12. The zero-order chi connectivity index (χ0) is 19.2. The maximum atomic E-state index is 10.4. The standard InChI is InChI=1S/C22H30N2O3/c1-17-7-6-10-21(18(17)2)27-16-19(25)15-23-11-13-24(14-12-23)20-8-4-5-9-22(20)26-3/h4-10,19,25H,11-16H2,1-3H3/t19-/m0/s1. The largest absolute Gasteiger partial charge is 0.495 e. The molecule has 0 aliphatic carbocycles. The Balaban J connectivity index is 1.47. The van der Waals surface area contributed by atoms with Gasteiger partial charge in [0, 0.05) is 32.7 Å². The average molecular weight is 370 g/mol. The normalized spacial score (nSPS) is 16.2. The molecule has 1 heterocycles. The number of aliphatic hydroxyl groups excluding tert-OH is 1. The second kappa shape index (κ2) is 9.11. The molecule has 1 fully saturated rings. The van der Waals surface area contributed by atoms with E-state index in [1.54, 1.807) is 7.11 Å². The van der Waals surface area contributed by atoms with Gasteiger partial charge in [-0.05, 0) is 43.2 Å². The van der Waals surface area contributed by atoms with Gasteiger partial charge in [-0.2, -0.15) is 0 Å². The molecule has 1 aliphatic rings. The van der Waals surface area contributed by atoms with Crippen LogP contribution < -0.4 is 14.4 Å². The molecular formula is C22H30N2O3. The fraction of sp³-hybridized carbons (Fsp3) is 0.455. The molecule has 3 rings (SSSR count). The fourth-order valence-electron chi connectivity index (χ4n) is 3.48. The van der Waals surface area contributed by atoms with E-state index in [0.29, 0.717) is 13.2 Å². The summed E-state index contributed by atoms with van der Waals surface area (Å²) in [6.45, 7) is 8.74. The number of benzene rings is 2. The first-order chi connectivity index (χ1) is 13.1. The molecule has 5 heteroatoms. The van der Waals surface area contributed by atoms with Crippen LogP contribution in [0, 0.1) is 13.8 Å². The van der Waals surface area contributed by atoms with Crippen LogP contribution in [0.1, 0.15) is 11.1 Å². The monoisotopic (exact) mass is 370 g/mol. The van der Waals surface area contributed by atoms with Crippen LogP contribution in [0.15, 0.2) is 42.5 Å². The predicted octanol–water partition coefficient (Wildman–Crippen LogP) is 2.87. The van der Waals surface area contributed by atoms with Gasteiger partial charge in [-0.3, -0.25) is 4.90 Å². The minimum absolute atomic E-state index is 0.316. The predicted molar refractivity (Wildman–Crippen MR) is 109 cm³/mol. The van der Waals surface area contributed by atoms with Crippen molar-refractivity contribution in [3.05, 3.63) is 53.6 Å². The number of piperazine rings is 1. The van der Waals surface area contributed by atoms with Gasteiger partial charge in [0.25, 0.3) is 0 Å². The molecule has 2 aromatic carbocycles. The van der Waals surface area contributed by atoms with E-state index in [1.807, 2.05) is 37.3 Å². The highest BCUT2D eigenvalue weighted by atomic mass is 16.5. The minimum Gasteiger partial charge on any atom is -0.495 e. The fourth-order valence-corrected chi connectivity index (χ4v) is 3.48. The summed E-state index contributed by atoms with van der Waals surface area (Å²) in [4.78, 5) is 4.64. The van der Waals surface area contributed by atoms with Crippen LogP contribution in [0.4, 0.5) is 5.69 Å². The topological polar surface area (TPSA) is 45.2 Å². The van der Waals surface area contributed by atoms with Crippen molar-refractivity contribution in [1.82, 2.24) is 4.90 Å². The third-order valence-corrected chi connectivity index (χ3v) is 5.25. The summed E-state index contributed by atoms with van der Waals surface area (Å²) in [7, 11) is 1.71. The number of β-amino-alcohol motifs (C(OH)–C–C–N with tert-alkyl or cyclic N) is 1. The van der Waals surface area contributed by atoms with Gasteiger partial charge in [-0.25, -0.2) is 0 Å². The third-order valence-electron chi connectivity index (χ3n) is 5.25. The summed E-state index contributed by atoms with van der Waals surface area (Å²) in [5.74, 6) is 1.77. The lowest BCUT2D eigenvalue weighted by molar-refractivity contribution is 0.0660. The Morgan fingerprint density at radius 2 is 1.67 bits per heavy atom. The first-order valence-corrected chi connectivity index (χ1v) is 9.56. The van der Waals surface area contributed by atoms with E-state index in [4.69, 9.17) is 9.47 Å². The number of aryl methyl sites for hydroxylation is 1. The molecule has 1 atom stereocenters. The number of nitrogens with zero attached hydrogens (tertiary/aromatic N) is 2. The molecular weight excluding hydrogens is 340 g/mol. The maximum absolute atomic E-state index is 10.4. The van der Waals surface area contributed by atoms with Gasteiger partial charge in [0.2, 0.25) is 0 Å². The van der Waals surface area contributed by atoms with E-state index in [0.717, 1.165) is 48.9 Å². The average Bonchev–Trinajstić information content (AvgIpc) is 2.69. The van der Waals surface area contributed by atoms with Gasteiger partial charge < -0.3 is 19.5 Å². The van der Waals surface area contributed by atoms with Crippen molar-refractivity contribution in [2.45, 2.75) is 20.0 Å². The summed E-state index contributed by atoms with van der Waals surface area (Å²) in [6, 6.07) is 14.1. The van der Waals surface area contributed by atoms with Gasteiger partial charge in [-0.15, -0.1) is 0 Å². The Morgan fingerprint density at radius 1 is 0.963 bits per heavy atom. The van der Waals surface area contributed by atoms with Crippen LogP contribution in [0.2, 0.25) is 0 Å². The summed E-state index contributed by atoms with van der Waals surface area (Å²) in [5, 5.41) is 10.4. The van der Waals surface area contributed by atoms with Crippen LogP contribution in [0.5, 0.6) is 11.5 Å². The van der Waals surface area contributed by atoms with Gasteiger partial charge in [0.15, 0.2) is 0 Å². The van der Waals surface area contributed by atoms with Crippen LogP contribution in [-0.2, 0) is 0 Å². The van der Waals surface area contributed by atoms with Crippen LogP contribution in [-0.4, -0.2) is 62.6 Å². The van der Waals surface area contributed by atoms with E-state index in [9.17, 15) is 5.11 Å². The smallest absolute Gasteiger partial charge is 0.142 e. The van der Waals surface area contributed by atoms with E-state index in [1.165, 1.54) is 5.56 Å². The molecule has 0 radical (unpaired) electrons. The number of aliphatic hydroxyl groups is 1. The summed E-state index contributed by atoms with van der Waals surface area (Å²) in [5.41, 5.74) is 3.48. The number of para-hydroxylation sites is 2. The zero-order valence-electron chi connectivity index (χ0n) is 16.5. The van der Waals surface area contributed by atoms with E-state index >= 15 is 0 Å². The lowest BCUT2D eigenvalue weighted by Gasteiger charge is -2.37. The number of anilines is 1. The Morgan fingerprint density at radius 3 is 2.41 bits per heavy atom. The molecule has 0 unspecified atom stereocenters. The van der Waals surface area contributed by atoms with E-state index in [2.05, 4.69) is 28.9 Å². The van der Waals surface area contributed by atoms with Gasteiger partial charge in [0.1, 0.15) is 24.2 Å². The van der Waals surface area contributed by atoms with Crippen molar-refractivity contribution < 1.29 is 14.6 Å². The third kappa shape index (κ3) is 4.93. The lowest BCUT2D eigenvalue weighted by atomic mass is 10.1. The number of hydrogen-bond acceptors (Lipinski definition) is 5.